The van der Waals surface area contributed by atoms with Crippen LogP contribution >= 0.6 is 0 Å². The highest BCUT2D eigenvalue weighted by atomic mass is 16.5. The first-order chi connectivity index (χ1) is 14.0. The molecule has 0 amide bonds. The van der Waals surface area contributed by atoms with Crippen molar-refractivity contribution in [3.63, 3.8) is 0 Å². The van der Waals surface area contributed by atoms with Crippen molar-refractivity contribution in [2.45, 2.75) is 110 Å². The maximum absolute atomic E-state index is 11.7. The summed E-state index contributed by atoms with van der Waals surface area (Å²) < 4.78 is 5.92. The normalized spacial score (nSPS) is 14.4. The fraction of sp³-hybridized carbons (Fsp3) is 0.913. The predicted molar refractivity (Wildman–Crippen MR) is 115 cm³/mol. The minimum absolute atomic E-state index is 0.0956. The molecule has 2 atom stereocenters. The van der Waals surface area contributed by atoms with Crippen molar-refractivity contribution < 1.29 is 29.6 Å². The number of unbranched alkanes of at least 4 members (excludes halogenated alkanes) is 7. The molecule has 0 fully saturated rings. The molecular formula is C23H44O6. The van der Waals surface area contributed by atoms with Crippen LogP contribution in [0.4, 0.5) is 0 Å². The summed E-state index contributed by atoms with van der Waals surface area (Å²) in [7, 11) is 0. The van der Waals surface area contributed by atoms with Gasteiger partial charge in [-0.3, -0.25) is 9.59 Å². The molecule has 0 aliphatic heterocycles. The Morgan fingerprint density at radius 2 is 1.21 bits per heavy atom. The summed E-state index contributed by atoms with van der Waals surface area (Å²) in [6.07, 6.45) is 11.1. The van der Waals surface area contributed by atoms with E-state index in [1.807, 2.05) is 0 Å². The molecule has 0 aliphatic carbocycles. The summed E-state index contributed by atoms with van der Waals surface area (Å²) in [5.74, 6) is -2.63. The van der Waals surface area contributed by atoms with Gasteiger partial charge in [-0.05, 0) is 38.5 Å². The summed E-state index contributed by atoms with van der Waals surface area (Å²) in [5.41, 5.74) is 0. The average molecular weight is 417 g/mol. The smallest absolute Gasteiger partial charge is 0.306 e. The molecule has 0 radical (unpaired) electrons. The van der Waals surface area contributed by atoms with Crippen LogP contribution in [0.15, 0.2) is 0 Å². The van der Waals surface area contributed by atoms with E-state index in [4.69, 9.17) is 9.84 Å². The van der Waals surface area contributed by atoms with Crippen LogP contribution in [0.1, 0.15) is 104 Å². The zero-order valence-corrected chi connectivity index (χ0v) is 18.6. The van der Waals surface area contributed by atoms with Gasteiger partial charge in [0.2, 0.25) is 0 Å². The molecule has 0 aromatic heterocycles. The van der Waals surface area contributed by atoms with Gasteiger partial charge in [-0.2, -0.15) is 0 Å². The Bertz CT molecular complexity index is 380. The Kier molecular flexibility index (Phi) is 18.1. The van der Waals surface area contributed by atoms with Gasteiger partial charge >= 0.3 is 11.9 Å². The maximum atomic E-state index is 11.7. The summed E-state index contributed by atoms with van der Waals surface area (Å²) in [6, 6.07) is 0. The average Bonchev–Trinajstić information content (AvgIpc) is 2.68. The van der Waals surface area contributed by atoms with Gasteiger partial charge in [-0.1, -0.05) is 65.2 Å². The van der Waals surface area contributed by atoms with Crippen molar-refractivity contribution >= 4 is 11.9 Å². The SMILES string of the molecule is CCCCCCC(CC(CC(CCCCCC)C(=O)O)OCCCCO)C(=O)O. The standard InChI is InChI=1S/C23H44O6/c1-3-5-7-9-13-19(22(25)26)17-21(29-16-12-11-15-24)18-20(23(27)28)14-10-8-6-4-2/h19-21,24H,3-18H2,1-2H3,(H,25,26)(H,27,28). The first-order valence-corrected chi connectivity index (χ1v) is 11.6. The third-order valence-corrected chi connectivity index (χ3v) is 5.51. The Morgan fingerprint density at radius 3 is 1.59 bits per heavy atom. The summed E-state index contributed by atoms with van der Waals surface area (Å²) >= 11 is 0. The number of ether oxygens (including phenoxy) is 1. The summed E-state index contributed by atoms with van der Waals surface area (Å²) in [6.45, 7) is 4.77. The third-order valence-electron chi connectivity index (χ3n) is 5.51. The topological polar surface area (TPSA) is 104 Å². The molecule has 0 saturated carbocycles. The summed E-state index contributed by atoms with van der Waals surface area (Å²) in [4.78, 5) is 23.5. The molecule has 0 aliphatic rings. The largest absolute Gasteiger partial charge is 0.481 e. The van der Waals surface area contributed by atoms with E-state index in [-0.39, 0.29) is 12.7 Å². The fourth-order valence-electron chi connectivity index (χ4n) is 3.65. The number of hydrogen-bond donors (Lipinski definition) is 3. The number of hydrogen-bond acceptors (Lipinski definition) is 4. The molecule has 3 N–H and O–H groups in total. The third kappa shape index (κ3) is 15.4. The zero-order valence-electron chi connectivity index (χ0n) is 18.6. The van der Waals surface area contributed by atoms with Gasteiger partial charge in [0.15, 0.2) is 0 Å². The molecule has 0 saturated heterocycles. The molecular weight excluding hydrogens is 372 g/mol. The van der Waals surface area contributed by atoms with Crippen LogP contribution in [-0.2, 0) is 14.3 Å². The van der Waals surface area contributed by atoms with Crippen LogP contribution in [-0.4, -0.2) is 46.6 Å². The molecule has 0 aromatic carbocycles. The van der Waals surface area contributed by atoms with E-state index in [1.165, 1.54) is 0 Å². The molecule has 6 nitrogen and oxygen atoms in total. The lowest BCUT2D eigenvalue weighted by atomic mass is 9.88. The van der Waals surface area contributed by atoms with Gasteiger partial charge in [0.05, 0.1) is 17.9 Å². The molecule has 0 bridgehead atoms. The van der Waals surface area contributed by atoms with Gasteiger partial charge < -0.3 is 20.1 Å². The van der Waals surface area contributed by atoms with E-state index in [0.29, 0.717) is 45.1 Å². The highest BCUT2D eigenvalue weighted by Crippen LogP contribution is 2.25. The van der Waals surface area contributed by atoms with Crippen molar-refractivity contribution in [3.8, 4) is 0 Å². The molecule has 2 unspecified atom stereocenters. The minimum Gasteiger partial charge on any atom is -0.481 e. The van der Waals surface area contributed by atoms with E-state index in [2.05, 4.69) is 13.8 Å². The predicted octanol–water partition coefficient (Wildman–Crippen LogP) is 5.27. The van der Waals surface area contributed by atoms with Crippen LogP contribution in [0.25, 0.3) is 0 Å². The fourth-order valence-corrected chi connectivity index (χ4v) is 3.65. The van der Waals surface area contributed by atoms with E-state index in [0.717, 1.165) is 51.4 Å². The number of carboxylic acids is 2. The van der Waals surface area contributed by atoms with Crippen LogP contribution < -0.4 is 0 Å². The number of aliphatic hydroxyl groups excluding tert-OH is 1. The number of rotatable bonds is 21. The van der Waals surface area contributed by atoms with E-state index in [9.17, 15) is 19.8 Å². The van der Waals surface area contributed by atoms with E-state index < -0.39 is 23.8 Å². The van der Waals surface area contributed by atoms with E-state index in [1.54, 1.807) is 0 Å². The second kappa shape index (κ2) is 18.9. The van der Waals surface area contributed by atoms with Crippen LogP contribution in [0, 0.1) is 11.8 Å². The number of carboxylic acid groups (broad SMARTS) is 2. The Labute approximate surface area is 177 Å². The lowest BCUT2D eigenvalue weighted by molar-refractivity contribution is -0.145. The van der Waals surface area contributed by atoms with Gasteiger partial charge in [-0.25, -0.2) is 0 Å². The molecule has 0 aromatic rings. The van der Waals surface area contributed by atoms with Crippen LogP contribution in [0.3, 0.4) is 0 Å². The first-order valence-electron chi connectivity index (χ1n) is 11.6. The van der Waals surface area contributed by atoms with Crippen LogP contribution in [0.5, 0.6) is 0 Å². The van der Waals surface area contributed by atoms with Gasteiger partial charge in [0.25, 0.3) is 0 Å². The Morgan fingerprint density at radius 1 is 0.724 bits per heavy atom. The van der Waals surface area contributed by atoms with Gasteiger partial charge in [-0.15, -0.1) is 0 Å². The number of aliphatic hydroxyl groups is 1. The van der Waals surface area contributed by atoms with Crippen molar-refractivity contribution in [1.82, 2.24) is 0 Å². The van der Waals surface area contributed by atoms with Gasteiger partial charge in [0, 0.05) is 13.2 Å². The van der Waals surface area contributed by atoms with Crippen molar-refractivity contribution in [2.75, 3.05) is 13.2 Å². The lowest BCUT2D eigenvalue weighted by Crippen LogP contribution is -2.28. The molecule has 0 spiro atoms. The maximum Gasteiger partial charge on any atom is 0.306 e. The second-order valence-electron chi connectivity index (χ2n) is 8.16. The van der Waals surface area contributed by atoms with Crippen LogP contribution in [0.2, 0.25) is 0 Å². The van der Waals surface area contributed by atoms with Gasteiger partial charge in [0.1, 0.15) is 0 Å². The Hall–Kier alpha value is -1.14. The highest BCUT2D eigenvalue weighted by Gasteiger charge is 2.27. The Balaban J connectivity index is 4.86. The summed E-state index contributed by atoms with van der Waals surface area (Å²) in [5, 5.41) is 28.2. The zero-order chi connectivity index (χ0) is 21.9. The molecule has 172 valence electrons. The van der Waals surface area contributed by atoms with Crippen molar-refractivity contribution in [3.05, 3.63) is 0 Å². The molecule has 6 heteroatoms. The molecule has 0 rings (SSSR count). The van der Waals surface area contributed by atoms with Crippen molar-refractivity contribution in [1.29, 1.82) is 0 Å². The lowest BCUT2D eigenvalue weighted by Gasteiger charge is -2.25. The highest BCUT2D eigenvalue weighted by molar-refractivity contribution is 5.70. The molecule has 0 heterocycles. The number of carbonyl (C=O) groups is 2. The molecule has 29 heavy (non-hydrogen) atoms. The monoisotopic (exact) mass is 416 g/mol. The minimum atomic E-state index is -0.819. The van der Waals surface area contributed by atoms with Crippen molar-refractivity contribution in [2.24, 2.45) is 11.8 Å². The number of aliphatic carboxylic acids is 2. The first kappa shape index (κ1) is 27.9. The van der Waals surface area contributed by atoms with E-state index >= 15 is 0 Å². The second-order valence-corrected chi connectivity index (χ2v) is 8.16. The quantitative estimate of drug-likeness (QED) is 0.220.